The van der Waals surface area contributed by atoms with Crippen molar-refractivity contribution in [1.82, 2.24) is 4.90 Å². The maximum atomic E-state index is 12.8. The average molecular weight is 368 g/mol. The van der Waals surface area contributed by atoms with Gasteiger partial charge >= 0.3 is 0 Å². The average Bonchev–Trinajstić information content (AvgIpc) is 2.48. The van der Waals surface area contributed by atoms with Crippen LogP contribution in [0.4, 0.5) is 4.39 Å². The van der Waals surface area contributed by atoms with Crippen molar-refractivity contribution in [2.24, 2.45) is 0 Å². The van der Waals surface area contributed by atoms with E-state index in [-0.39, 0.29) is 11.7 Å². The SMILES string of the molecule is CN(Cc1ccccc1Br)C(=O)CSc1ccc(F)cc1. The molecule has 0 atom stereocenters. The molecule has 0 aromatic heterocycles. The zero-order valence-corrected chi connectivity index (χ0v) is 14.0. The Morgan fingerprint density at radius 3 is 2.52 bits per heavy atom. The van der Waals surface area contributed by atoms with Crippen molar-refractivity contribution in [1.29, 1.82) is 0 Å². The van der Waals surface area contributed by atoms with Gasteiger partial charge in [0.15, 0.2) is 0 Å². The van der Waals surface area contributed by atoms with Gasteiger partial charge in [-0.1, -0.05) is 34.1 Å². The normalized spacial score (nSPS) is 10.4. The minimum atomic E-state index is -0.267. The molecule has 0 saturated carbocycles. The van der Waals surface area contributed by atoms with E-state index in [0.717, 1.165) is 14.9 Å². The number of benzene rings is 2. The summed E-state index contributed by atoms with van der Waals surface area (Å²) in [5, 5.41) is 0. The van der Waals surface area contributed by atoms with E-state index >= 15 is 0 Å². The molecule has 0 saturated heterocycles. The fourth-order valence-electron chi connectivity index (χ4n) is 1.76. The Morgan fingerprint density at radius 2 is 1.86 bits per heavy atom. The first-order valence-corrected chi connectivity index (χ1v) is 8.20. The van der Waals surface area contributed by atoms with Gasteiger partial charge in [0.2, 0.25) is 5.91 Å². The Bertz CT molecular complexity index is 618. The maximum Gasteiger partial charge on any atom is 0.232 e. The van der Waals surface area contributed by atoms with E-state index < -0.39 is 0 Å². The predicted molar refractivity (Wildman–Crippen MR) is 87.7 cm³/mol. The molecule has 0 aliphatic carbocycles. The standard InChI is InChI=1S/C16H15BrFNOS/c1-19(10-12-4-2-3-5-15(12)17)16(20)11-21-14-8-6-13(18)7-9-14/h2-9H,10-11H2,1H3. The molecule has 0 N–H and O–H groups in total. The summed E-state index contributed by atoms with van der Waals surface area (Å²) in [4.78, 5) is 14.7. The van der Waals surface area contributed by atoms with Crippen LogP contribution in [0.2, 0.25) is 0 Å². The zero-order valence-electron chi connectivity index (χ0n) is 11.6. The third-order valence-electron chi connectivity index (χ3n) is 2.97. The van der Waals surface area contributed by atoms with Crippen molar-refractivity contribution < 1.29 is 9.18 Å². The van der Waals surface area contributed by atoms with Crippen molar-refractivity contribution in [2.75, 3.05) is 12.8 Å². The molecule has 0 spiro atoms. The van der Waals surface area contributed by atoms with Gasteiger partial charge in [0.1, 0.15) is 5.82 Å². The van der Waals surface area contributed by atoms with Crippen molar-refractivity contribution in [3.63, 3.8) is 0 Å². The van der Waals surface area contributed by atoms with Crippen LogP contribution in [-0.4, -0.2) is 23.6 Å². The van der Waals surface area contributed by atoms with Gasteiger partial charge in [0.05, 0.1) is 5.75 Å². The van der Waals surface area contributed by atoms with E-state index in [0.29, 0.717) is 12.3 Å². The fourth-order valence-corrected chi connectivity index (χ4v) is 3.01. The number of carbonyl (C=O) groups is 1. The largest absolute Gasteiger partial charge is 0.341 e. The van der Waals surface area contributed by atoms with E-state index in [1.807, 2.05) is 24.3 Å². The molecule has 0 unspecified atom stereocenters. The van der Waals surface area contributed by atoms with Gasteiger partial charge in [0, 0.05) is 23.0 Å². The van der Waals surface area contributed by atoms with Crippen LogP contribution >= 0.6 is 27.7 Å². The summed E-state index contributed by atoms with van der Waals surface area (Å²) in [6, 6.07) is 14.0. The van der Waals surface area contributed by atoms with E-state index in [1.54, 1.807) is 24.1 Å². The fraction of sp³-hybridized carbons (Fsp3) is 0.188. The second-order valence-electron chi connectivity index (χ2n) is 4.58. The van der Waals surface area contributed by atoms with Gasteiger partial charge in [0.25, 0.3) is 0 Å². The van der Waals surface area contributed by atoms with Crippen LogP contribution in [0.25, 0.3) is 0 Å². The molecular weight excluding hydrogens is 353 g/mol. The molecule has 0 aliphatic rings. The highest BCUT2D eigenvalue weighted by Crippen LogP contribution is 2.20. The van der Waals surface area contributed by atoms with Gasteiger partial charge < -0.3 is 4.90 Å². The number of nitrogens with zero attached hydrogens (tertiary/aromatic N) is 1. The van der Waals surface area contributed by atoms with Gasteiger partial charge in [-0.05, 0) is 35.9 Å². The number of carbonyl (C=O) groups excluding carboxylic acids is 1. The lowest BCUT2D eigenvalue weighted by Crippen LogP contribution is -2.27. The summed E-state index contributed by atoms with van der Waals surface area (Å²) in [7, 11) is 1.78. The van der Waals surface area contributed by atoms with Gasteiger partial charge in [-0.2, -0.15) is 0 Å². The molecule has 2 aromatic rings. The summed E-state index contributed by atoms with van der Waals surface area (Å²) >= 11 is 4.89. The highest BCUT2D eigenvalue weighted by molar-refractivity contribution is 9.10. The molecule has 1 amide bonds. The summed E-state index contributed by atoms with van der Waals surface area (Å²) in [5.41, 5.74) is 1.07. The van der Waals surface area contributed by atoms with Crippen LogP contribution in [-0.2, 0) is 11.3 Å². The summed E-state index contributed by atoms with van der Waals surface area (Å²) < 4.78 is 13.8. The molecule has 21 heavy (non-hydrogen) atoms. The number of rotatable bonds is 5. The Balaban J connectivity index is 1.88. The molecular formula is C16H15BrFNOS. The molecule has 0 aliphatic heterocycles. The monoisotopic (exact) mass is 367 g/mol. The second kappa shape index (κ2) is 7.61. The molecule has 0 heterocycles. The minimum Gasteiger partial charge on any atom is -0.341 e. The highest BCUT2D eigenvalue weighted by Gasteiger charge is 2.11. The lowest BCUT2D eigenvalue weighted by molar-refractivity contribution is -0.127. The molecule has 2 nitrogen and oxygen atoms in total. The molecule has 2 aromatic carbocycles. The van der Waals surface area contributed by atoms with Crippen LogP contribution < -0.4 is 0 Å². The van der Waals surface area contributed by atoms with Crippen LogP contribution in [0.5, 0.6) is 0 Å². The summed E-state index contributed by atoms with van der Waals surface area (Å²) in [6.07, 6.45) is 0. The van der Waals surface area contributed by atoms with Gasteiger partial charge in [-0.15, -0.1) is 11.8 Å². The Morgan fingerprint density at radius 1 is 1.19 bits per heavy atom. The van der Waals surface area contributed by atoms with Crippen molar-refractivity contribution in [3.8, 4) is 0 Å². The smallest absolute Gasteiger partial charge is 0.232 e. The number of hydrogen-bond donors (Lipinski definition) is 0. The molecule has 2 rings (SSSR count). The van der Waals surface area contributed by atoms with Gasteiger partial charge in [-0.25, -0.2) is 4.39 Å². The topological polar surface area (TPSA) is 20.3 Å². The Kier molecular flexibility index (Phi) is 5.82. The minimum absolute atomic E-state index is 0.0417. The number of thioether (sulfide) groups is 1. The third kappa shape index (κ3) is 4.86. The van der Waals surface area contributed by atoms with Crippen molar-refractivity contribution in [3.05, 3.63) is 64.4 Å². The zero-order chi connectivity index (χ0) is 15.2. The quantitative estimate of drug-likeness (QED) is 0.732. The first-order chi connectivity index (χ1) is 10.1. The number of hydrogen-bond acceptors (Lipinski definition) is 2. The molecule has 0 radical (unpaired) electrons. The van der Waals surface area contributed by atoms with Crippen molar-refractivity contribution in [2.45, 2.75) is 11.4 Å². The number of amides is 1. The highest BCUT2D eigenvalue weighted by atomic mass is 79.9. The Hall–Kier alpha value is -1.33. The Labute approximate surface area is 136 Å². The van der Waals surface area contributed by atoms with Gasteiger partial charge in [-0.3, -0.25) is 4.79 Å². The second-order valence-corrected chi connectivity index (χ2v) is 6.49. The summed E-state index contributed by atoms with van der Waals surface area (Å²) in [5.74, 6) is 0.115. The van der Waals surface area contributed by atoms with Crippen LogP contribution in [0.3, 0.4) is 0 Å². The maximum absolute atomic E-state index is 12.8. The summed E-state index contributed by atoms with van der Waals surface area (Å²) in [6.45, 7) is 0.560. The predicted octanol–water partition coefficient (Wildman–Crippen LogP) is 4.34. The van der Waals surface area contributed by atoms with E-state index in [9.17, 15) is 9.18 Å². The molecule has 110 valence electrons. The lowest BCUT2D eigenvalue weighted by atomic mass is 10.2. The van der Waals surface area contributed by atoms with E-state index in [2.05, 4.69) is 15.9 Å². The molecule has 0 fully saturated rings. The van der Waals surface area contributed by atoms with E-state index in [1.165, 1.54) is 23.9 Å². The number of halogens is 2. The lowest BCUT2D eigenvalue weighted by Gasteiger charge is -2.18. The molecule has 5 heteroatoms. The van der Waals surface area contributed by atoms with Crippen LogP contribution in [0.15, 0.2) is 57.9 Å². The van der Waals surface area contributed by atoms with Crippen LogP contribution in [0, 0.1) is 5.82 Å². The van der Waals surface area contributed by atoms with Crippen LogP contribution in [0.1, 0.15) is 5.56 Å². The van der Waals surface area contributed by atoms with E-state index in [4.69, 9.17) is 0 Å². The first-order valence-electron chi connectivity index (χ1n) is 6.42. The van der Waals surface area contributed by atoms with Crippen molar-refractivity contribution >= 4 is 33.6 Å². The first kappa shape index (κ1) is 16.0. The molecule has 0 bridgehead atoms. The third-order valence-corrected chi connectivity index (χ3v) is 4.74.